The number of benzene rings is 2. The molecular weight excluding hydrogens is 749 g/mol. The van der Waals surface area contributed by atoms with Crippen molar-refractivity contribution >= 4 is 0 Å². The minimum absolute atomic E-state index is 0.166. The Balaban J connectivity index is 1.06. The lowest BCUT2D eigenvalue weighted by Gasteiger charge is -2.42. The third kappa shape index (κ3) is 11.9. The Labute approximate surface area is 315 Å². The summed E-state index contributed by atoms with van der Waals surface area (Å²) in [7, 11) is 0. The van der Waals surface area contributed by atoms with Gasteiger partial charge >= 0.3 is 24.7 Å². The van der Waals surface area contributed by atoms with Gasteiger partial charge in [-0.1, -0.05) is 58.3 Å². The molecule has 0 amide bonds. The van der Waals surface area contributed by atoms with Crippen molar-refractivity contribution in [1.29, 1.82) is 0 Å². The van der Waals surface area contributed by atoms with Crippen LogP contribution < -0.4 is 9.47 Å². The van der Waals surface area contributed by atoms with E-state index in [2.05, 4.69) is 16.4 Å². The van der Waals surface area contributed by atoms with E-state index in [0.717, 1.165) is 42.7 Å². The number of hydrogen-bond donors (Lipinski definition) is 0. The Bertz CT molecular complexity index is 1470. The summed E-state index contributed by atoms with van der Waals surface area (Å²) in [6.07, 6.45) is 0.589. The number of halogens is 11. The van der Waals surface area contributed by atoms with Gasteiger partial charge in [0.25, 0.3) is 0 Å². The minimum atomic E-state index is -5.98. The van der Waals surface area contributed by atoms with Gasteiger partial charge in [0, 0.05) is 12.1 Å². The van der Waals surface area contributed by atoms with Crippen LogP contribution in [-0.4, -0.2) is 12.5 Å². The molecule has 0 unspecified atom stereocenters. The smallest absolute Gasteiger partial charge is 0.432 e. The standard InChI is InChI=1S/C41H51F11O3/c1-2-3-4-5-6-7-26-8-10-27(11-9-26)28-12-14-29(15-13-28)30-16-18-31(19-17-30)38(44,45)53-33-22-20-32(21-23-33)39(46,47)54-34-24-35(42)37(36(43)25-34)40(48,49)55-41(50,51)52/h20-31H,2-19H2,1H3. The van der Waals surface area contributed by atoms with E-state index in [1.807, 2.05) is 0 Å². The van der Waals surface area contributed by atoms with E-state index in [-0.39, 0.29) is 25.0 Å². The summed E-state index contributed by atoms with van der Waals surface area (Å²) in [5, 5.41) is 0. The molecule has 3 saturated carbocycles. The molecule has 14 heteroatoms. The quantitative estimate of drug-likeness (QED) is 0.125. The van der Waals surface area contributed by atoms with Gasteiger partial charge in [0.05, 0.1) is 11.5 Å². The molecule has 310 valence electrons. The zero-order chi connectivity index (χ0) is 40.0. The van der Waals surface area contributed by atoms with Crippen LogP contribution in [0, 0.1) is 47.1 Å². The molecule has 0 aromatic heterocycles. The summed E-state index contributed by atoms with van der Waals surface area (Å²) in [5.74, 6) is -4.11. The first-order chi connectivity index (χ1) is 25.9. The molecule has 0 radical (unpaired) electrons. The summed E-state index contributed by atoms with van der Waals surface area (Å²) in [6, 6.07) is 2.69. The van der Waals surface area contributed by atoms with E-state index in [9.17, 15) is 39.5 Å². The highest BCUT2D eigenvalue weighted by Crippen LogP contribution is 2.49. The maximum atomic E-state index is 15.3. The molecule has 2 aromatic carbocycles. The molecule has 0 N–H and O–H groups in total. The lowest BCUT2D eigenvalue weighted by atomic mass is 9.65. The predicted octanol–water partition coefficient (Wildman–Crippen LogP) is 14.4. The second-order valence-corrected chi connectivity index (χ2v) is 15.9. The molecule has 55 heavy (non-hydrogen) atoms. The Morgan fingerprint density at radius 2 is 1.02 bits per heavy atom. The molecular formula is C41H51F11O3. The third-order valence-corrected chi connectivity index (χ3v) is 12.2. The van der Waals surface area contributed by atoms with Crippen molar-refractivity contribution in [3.05, 3.63) is 59.2 Å². The van der Waals surface area contributed by atoms with E-state index >= 15 is 8.78 Å². The molecule has 0 saturated heterocycles. The van der Waals surface area contributed by atoms with E-state index in [0.29, 0.717) is 36.8 Å². The first kappa shape index (κ1) is 43.4. The van der Waals surface area contributed by atoms with Crippen LogP contribution in [0.5, 0.6) is 11.5 Å². The number of alkyl halides is 9. The highest BCUT2D eigenvalue weighted by Gasteiger charge is 2.50. The van der Waals surface area contributed by atoms with Crippen molar-refractivity contribution in [2.45, 2.75) is 147 Å². The lowest BCUT2D eigenvalue weighted by Crippen LogP contribution is -2.38. The zero-order valence-electron chi connectivity index (χ0n) is 31.0. The fraction of sp³-hybridized carbons (Fsp3) is 0.707. The second-order valence-electron chi connectivity index (χ2n) is 15.9. The summed E-state index contributed by atoms with van der Waals surface area (Å²) in [6.45, 7) is 2.24. The van der Waals surface area contributed by atoms with Gasteiger partial charge in [-0.15, -0.1) is 13.2 Å². The highest BCUT2D eigenvalue weighted by molar-refractivity contribution is 5.34. The largest absolute Gasteiger partial charge is 0.527 e. The van der Waals surface area contributed by atoms with Crippen LogP contribution in [-0.2, 0) is 17.0 Å². The van der Waals surface area contributed by atoms with Gasteiger partial charge in [0.15, 0.2) is 0 Å². The van der Waals surface area contributed by atoms with Crippen LogP contribution in [0.3, 0.4) is 0 Å². The maximum absolute atomic E-state index is 15.3. The lowest BCUT2D eigenvalue weighted by molar-refractivity contribution is -0.432. The Kier molecular flexibility index (Phi) is 14.4. The topological polar surface area (TPSA) is 27.7 Å². The average molecular weight is 801 g/mol. The van der Waals surface area contributed by atoms with Gasteiger partial charge in [-0.2, -0.15) is 26.3 Å². The molecule has 0 heterocycles. The first-order valence-corrected chi connectivity index (χ1v) is 19.7. The van der Waals surface area contributed by atoms with Crippen LogP contribution in [0.4, 0.5) is 48.3 Å². The van der Waals surface area contributed by atoms with Gasteiger partial charge in [0.2, 0.25) is 0 Å². The zero-order valence-corrected chi connectivity index (χ0v) is 31.0. The SMILES string of the molecule is CCCCCCCC1CCC(C2CCC(C3CCC(C(F)(F)Oc4ccc(C(F)(F)Oc5cc(F)c(C(F)(F)OC(F)(F)F)c(F)c5)cc4)CC3)CC2)CC1. The van der Waals surface area contributed by atoms with Gasteiger partial charge in [-0.25, -0.2) is 13.5 Å². The first-order valence-electron chi connectivity index (χ1n) is 19.7. The highest BCUT2D eigenvalue weighted by atomic mass is 19.4. The van der Waals surface area contributed by atoms with Crippen molar-refractivity contribution in [2.24, 2.45) is 35.5 Å². The van der Waals surface area contributed by atoms with Gasteiger partial charge in [0.1, 0.15) is 28.7 Å². The van der Waals surface area contributed by atoms with E-state index < -0.39 is 64.9 Å². The summed E-state index contributed by atoms with van der Waals surface area (Å²) in [4.78, 5) is 0. The maximum Gasteiger partial charge on any atom is 0.527 e. The van der Waals surface area contributed by atoms with Crippen LogP contribution >= 0.6 is 0 Å². The van der Waals surface area contributed by atoms with Crippen molar-refractivity contribution in [3.63, 3.8) is 0 Å². The molecule has 3 nitrogen and oxygen atoms in total. The third-order valence-electron chi connectivity index (χ3n) is 12.2. The average Bonchev–Trinajstić information content (AvgIpc) is 3.10. The van der Waals surface area contributed by atoms with E-state index in [1.54, 1.807) is 0 Å². The predicted molar refractivity (Wildman–Crippen MR) is 184 cm³/mol. The van der Waals surface area contributed by atoms with Crippen LogP contribution in [0.15, 0.2) is 36.4 Å². The fourth-order valence-corrected chi connectivity index (χ4v) is 9.25. The summed E-state index contributed by atoms with van der Waals surface area (Å²) in [5.41, 5.74) is -3.44. The Morgan fingerprint density at radius 3 is 1.51 bits per heavy atom. The van der Waals surface area contributed by atoms with E-state index in [4.69, 9.17) is 4.74 Å². The van der Waals surface area contributed by atoms with E-state index in [1.165, 1.54) is 77.0 Å². The Hall–Kier alpha value is -2.77. The second kappa shape index (κ2) is 18.2. The van der Waals surface area contributed by atoms with Crippen molar-refractivity contribution in [2.75, 3.05) is 0 Å². The fourth-order valence-electron chi connectivity index (χ4n) is 9.25. The molecule has 3 aliphatic rings. The number of unbranched alkanes of at least 4 members (excludes halogenated alkanes) is 4. The molecule has 0 spiro atoms. The number of rotatable bonds is 16. The van der Waals surface area contributed by atoms with Gasteiger partial charge < -0.3 is 9.47 Å². The van der Waals surface area contributed by atoms with Crippen molar-refractivity contribution in [3.8, 4) is 11.5 Å². The molecule has 5 rings (SSSR count). The minimum Gasteiger partial charge on any atom is -0.432 e. The summed E-state index contributed by atoms with van der Waals surface area (Å²) < 4.78 is 165. The van der Waals surface area contributed by atoms with Crippen molar-refractivity contribution < 1.29 is 62.5 Å². The van der Waals surface area contributed by atoms with Crippen molar-refractivity contribution in [1.82, 2.24) is 0 Å². The molecule has 0 atom stereocenters. The Morgan fingerprint density at radius 1 is 0.545 bits per heavy atom. The molecule has 2 aromatic rings. The van der Waals surface area contributed by atoms with Crippen LogP contribution in [0.2, 0.25) is 0 Å². The molecule has 3 fully saturated rings. The monoisotopic (exact) mass is 800 g/mol. The molecule has 0 bridgehead atoms. The van der Waals surface area contributed by atoms with Gasteiger partial charge in [-0.05, 0) is 118 Å². The number of hydrogen-bond acceptors (Lipinski definition) is 3. The normalized spacial score (nSPS) is 25.8. The van der Waals surface area contributed by atoms with Crippen LogP contribution in [0.1, 0.15) is 134 Å². The number of ether oxygens (including phenoxy) is 3. The van der Waals surface area contributed by atoms with Gasteiger partial charge in [-0.3, -0.25) is 0 Å². The summed E-state index contributed by atoms with van der Waals surface area (Å²) >= 11 is 0. The molecule has 0 aliphatic heterocycles. The molecule has 3 aliphatic carbocycles. The van der Waals surface area contributed by atoms with Crippen LogP contribution in [0.25, 0.3) is 0 Å².